The van der Waals surface area contributed by atoms with Crippen molar-refractivity contribution in [2.24, 2.45) is 0 Å². The predicted octanol–water partition coefficient (Wildman–Crippen LogP) is 4.31. The molecule has 3 aromatic carbocycles. The van der Waals surface area contributed by atoms with Gasteiger partial charge in [-0.25, -0.2) is 0 Å². The van der Waals surface area contributed by atoms with Gasteiger partial charge in [-0.15, -0.1) is 0 Å². The van der Waals surface area contributed by atoms with Gasteiger partial charge in [-0.2, -0.15) is 0 Å². The maximum Gasteiger partial charge on any atom is 0.311 e. The SMILES string of the molecule is Cc1ccc(OCC(=O)N[C@@H](C)c2cccc3ccccc23)c([N+](=O)[O-])c1. The summed E-state index contributed by atoms with van der Waals surface area (Å²) in [6.45, 7) is 3.36. The van der Waals surface area contributed by atoms with Crippen molar-refractivity contribution in [2.45, 2.75) is 19.9 Å². The highest BCUT2D eigenvalue weighted by Crippen LogP contribution is 2.28. The number of amides is 1. The topological polar surface area (TPSA) is 81.5 Å². The van der Waals surface area contributed by atoms with Crippen molar-refractivity contribution < 1.29 is 14.5 Å². The van der Waals surface area contributed by atoms with Crippen molar-refractivity contribution in [2.75, 3.05) is 6.61 Å². The number of nitro groups is 1. The average Bonchev–Trinajstić information content (AvgIpc) is 2.66. The number of hydrogen-bond donors (Lipinski definition) is 1. The largest absolute Gasteiger partial charge is 0.477 e. The molecule has 0 unspecified atom stereocenters. The number of ether oxygens (including phenoxy) is 1. The molecule has 0 fully saturated rings. The number of hydrogen-bond acceptors (Lipinski definition) is 4. The lowest BCUT2D eigenvalue weighted by atomic mass is 10.00. The van der Waals surface area contributed by atoms with E-state index in [1.807, 2.05) is 49.4 Å². The number of rotatable bonds is 6. The molecule has 0 spiro atoms. The van der Waals surface area contributed by atoms with Gasteiger partial charge < -0.3 is 10.1 Å². The van der Waals surface area contributed by atoms with Crippen molar-refractivity contribution in [3.8, 4) is 5.75 Å². The zero-order chi connectivity index (χ0) is 19.4. The van der Waals surface area contributed by atoms with E-state index in [2.05, 4.69) is 5.32 Å². The molecule has 0 aliphatic carbocycles. The number of aryl methyl sites for hydroxylation is 1. The summed E-state index contributed by atoms with van der Waals surface area (Å²) in [6, 6.07) is 18.3. The molecule has 27 heavy (non-hydrogen) atoms. The Labute approximate surface area is 156 Å². The fourth-order valence-corrected chi connectivity index (χ4v) is 3.02. The van der Waals surface area contributed by atoms with Gasteiger partial charge in [0.1, 0.15) is 0 Å². The number of nitrogens with one attached hydrogen (secondary N) is 1. The Balaban J connectivity index is 1.68. The molecule has 1 atom stereocenters. The van der Waals surface area contributed by atoms with Gasteiger partial charge in [-0.3, -0.25) is 14.9 Å². The second-order valence-electron chi connectivity index (χ2n) is 6.37. The van der Waals surface area contributed by atoms with Crippen molar-refractivity contribution in [3.63, 3.8) is 0 Å². The minimum absolute atomic E-state index is 0.0820. The van der Waals surface area contributed by atoms with Gasteiger partial charge >= 0.3 is 5.69 Å². The van der Waals surface area contributed by atoms with Gasteiger partial charge in [0.25, 0.3) is 5.91 Å². The molecule has 6 nitrogen and oxygen atoms in total. The number of carbonyl (C=O) groups excluding carboxylic acids is 1. The Morgan fingerprint density at radius 2 is 1.89 bits per heavy atom. The van der Waals surface area contributed by atoms with Crippen LogP contribution in [0, 0.1) is 17.0 Å². The molecule has 3 aromatic rings. The summed E-state index contributed by atoms with van der Waals surface area (Å²) in [5.41, 5.74) is 1.61. The fourth-order valence-electron chi connectivity index (χ4n) is 3.02. The van der Waals surface area contributed by atoms with E-state index in [0.29, 0.717) is 0 Å². The van der Waals surface area contributed by atoms with E-state index in [-0.39, 0.29) is 30.0 Å². The summed E-state index contributed by atoms with van der Waals surface area (Å²) in [5, 5.41) is 16.2. The van der Waals surface area contributed by atoms with Crippen LogP contribution in [0.5, 0.6) is 5.75 Å². The van der Waals surface area contributed by atoms with Crippen LogP contribution in [0.2, 0.25) is 0 Å². The van der Waals surface area contributed by atoms with Gasteiger partial charge in [0.05, 0.1) is 11.0 Å². The quantitative estimate of drug-likeness (QED) is 0.522. The van der Waals surface area contributed by atoms with Gasteiger partial charge in [-0.05, 0) is 41.8 Å². The Morgan fingerprint density at radius 1 is 1.15 bits per heavy atom. The number of benzene rings is 3. The summed E-state index contributed by atoms with van der Waals surface area (Å²) in [4.78, 5) is 22.9. The molecule has 0 bridgehead atoms. The van der Waals surface area contributed by atoms with Crippen LogP contribution in [0.3, 0.4) is 0 Å². The van der Waals surface area contributed by atoms with E-state index in [9.17, 15) is 14.9 Å². The summed E-state index contributed by atoms with van der Waals surface area (Å²) >= 11 is 0. The molecular formula is C21H20N2O4. The first-order chi connectivity index (χ1) is 13.0. The van der Waals surface area contributed by atoms with E-state index in [0.717, 1.165) is 21.9 Å². The van der Waals surface area contributed by atoms with Crippen molar-refractivity contribution >= 4 is 22.4 Å². The number of nitro benzene ring substituents is 1. The zero-order valence-electron chi connectivity index (χ0n) is 15.1. The lowest BCUT2D eigenvalue weighted by Crippen LogP contribution is -2.31. The first-order valence-electron chi connectivity index (χ1n) is 8.60. The Hall–Kier alpha value is -3.41. The van der Waals surface area contributed by atoms with Crippen LogP contribution in [-0.4, -0.2) is 17.4 Å². The van der Waals surface area contributed by atoms with Gasteiger partial charge in [-0.1, -0.05) is 48.5 Å². The molecule has 0 heterocycles. The van der Waals surface area contributed by atoms with Crippen LogP contribution in [0.4, 0.5) is 5.69 Å². The van der Waals surface area contributed by atoms with Crippen LogP contribution in [0.15, 0.2) is 60.7 Å². The van der Waals surface area contributed by atoms with E-state index in [1.54, 1.807) is 13.0 Å². The molecule has 1 N–H and O–H groups in total. The normalized spacial score (nSPS) is 11.8. The third-order valence-electron chi connectivity index (χ3n) is 4.34. The molecule has 0 aromatic heterocycles. The second kappa shape index (κ2) is 7.86. The number of fused-ring (bicyclic) bond motifs is 1. The first kappa shape index (κ1) is 18.4. The minimum atomic E-state index is -0.515. The van der Waals surface area contributed by atoms with Crippen LogP contribution in [0.25, 0.3) is 10.8 Å². The lowest BCUT2D eigenvalue weighted by molar-refractivity contribution is -0.385. The third-order valence-corrected chi connectivity index (χ3v) is 4.34. The van der Waals surface area contributed by atoms with Gasteiger partial charge in [0.15, 0.2) is 12.4 Å². The Bertz CT molecular complexity index is 995. The summed E-state index contributed by atoms with van der Waals surface area (Å²) in [7, 11) is 0. The highest BCUT2D eigenvalue weighted by molar-refractivity contribution is 5.87. The molecule has 0 radical (unpaired) electrons. The van der Waals surface area contributed by atoms with Crippen LogP contribution < -0.4 is 10.1 Å². The van der Waals surface area contributed by atoms with Crippen LogP contribution >= 0.6 is 0 Å². The van der Waals surface area contributed by atoms with Crippen LogP contribution in [0.1, 0.15) is 24.1 Å². The lowest BCUT2D eigenvalue weighted by Gasteiger charge is -2.17. The molecule has 0 aliphatic rings. The first-order valence-corrected chi connectivity index (χ1v) is 8.60. The van der Waals surface area contributed by atoms with E-state index in [1.165, 1.54) is 12.1 Å². The molecule has 0 aliphatic heterocycles. The van der Waals surface area contributed by atoms with Crippen molar-refractivity contribution in [1.29, 1.82) is 0 Å². The number of carbonyl (C=O) groups is 1. The third kappa shape index (κ3) is 4.23. The van der Waals surface area contributed by atoms with Crippen LogP contribution in [-0.2, 0) is 4.79 Å². The minimum Gasteiger partial charge on any atom is -0.477 e. The second-order valence-corrected chi connectivity index (χ2v) is 6.37. The van der Waals surface area contributed by atoms with E-state index in [4.69, 9.17) is 4.74 Å². The zero-order valence-corrected chi connectivity index (χ0v) is 15.1. The highest BCUT2D eigenvalue weighted by Gasteiger charge is 2.17. The average molecular weight is 364 g/mol. The molecule has 3 rings (SSSR count). The molecular weight excluding hydrogens is 344 g/mol. The predicted molar refractivity (Wildman–Crippen MR) is 104 cm³/mol. The summed E-state index contributed by atoms with van der Waals surface area (Å²) in [5.74, 6) is -0.260. The standard InChI is InChI=1S/C21H20N2O4/c1-14-10-11-20(19(12-14)23(25)26)27-13-21(24)22-15(2)17-9-5-7-16-6-3-4-8-18(16)17/h3-12,15H,13H2,1-2H3,(H,22,24)/t15-/m0/s1. The molecule has 0 saturated heterocycles. The van der Waals surface area contributed by atoms with Crippen molar-refractivity contribution in [3.05, 3.63) is 81.9 Å². The van der Waals surface area contributed by atoms with E-state index >= 15 is 0 Å². The van der Waals surface area contributed by atoms with Gasteiger partial charge in [0, 0.05) is 6.07 Å². The fraction of sp³-hybridized carbons (Fsp3) is 0.190. The summed E-state index contributed by atoms with van der Waals surface area (Å²) in [6.07, 6.45) is 0. The Morgan fingerprint density at radius 3 is 2.67 bits per heavy atom. The highest BCUT2D eigenvalue weighted by atomic mass is 16.6. The van der Waals surface area contributed by atoms with Crippen molar-refractivity contribution in [1.82, 2.24) is 5.32 Å². The van der Waals surface area contributed by atoms with E-state index < -0.39 is 4.92 Å². The monoisotopic (exact) mass is 364 g/mol. The smallest absolute Gasteiger partial charge is 0.311 e. The number of nitrogens with zero attached hydrogens (tertiary/aromatic N) is 1. The maximum atomic E-state index is 12.3. The molecule has 1 amide bonds. The Kier molecular flexibility index (Phi) is 5.35. The maximum absolute atomic E-state index is 12.3. The molecule has 6 heteroatoms. The molecule has 138 valence electrons. The summed E-state index contributed by atoms with van der Waals surface area (Å²) < 4.78 is 5.39. The molecule has 0 saturated carbocycles. The van der Waals surface area contributed by atoms with Gasteiger partial charge in [0.2, 0.25) is 0 Å².